The predicted molar refractivity (Wildman–Crippen MR) is 81.7 cm³/mol. The third-order valence-corrected chi connectivity index (χ3v) is 6.79. The minimum absolute atomic E-state index is 0.0165. The van der Waals surface area contributed by atoms with Gasteiger partial charge >= 0.3 is 0 Å². The third-order valence-electron chi connectivity index (χ3n) is 4.85. The van der Waals surface area contributed by atoms with E-state index in [1.165, 1.54) is 4.31 Å². The zero-order valence-electron chi connectivity index (χ0n) is 12.3. The standard InChI is InChI=1S/C15H20N2O4S/c18-10-11-3-2-7-17(11)13-4-1-5-14-15(13)22(19,20)16-8-6-12(9-16)21-14/h1,4-5,11-12,18H,2-3,6-10H2/t11-,12-/m1/s1. The first kappa shape index (κ1) is 14.3. The maximum atomic E-state index is 13.0. The molecular weight excluding hydrogens is 304 g/mol. The molecule has 7 heteroatoms. The topological polar surface area (TPSA) is 70.1 Å². The van der Waals surface area contributed by atoms with E-state index in [4.69, 9.17) is 4.74 Å². The number of nitrogens with zero attached hydrogens (tertiary/aromatic N) is 2. The van der Waals surface area contributed by atoms with Gasteiger partial charge in [0, 0.05) is 13.1 Å². The average Bonchev–Trinajstić information content (AvgIpc) is 3.13. The zero-order valence-corrected chi connectivity index (χ0v) is 13.1. The molecule has 3 atom stereocenters. The lowest BCUT2D eigenvalue weighted by Crippen LogP contribution is -2.35. The summed E-state index contributed by atoms with van der Waals surface area (Å²) in [5, 5.41) is 9.56. The molecule has 0 radical (unpaired) electrons. The number of hydrogen-bond donors (Lipinski definition) is 1. The first-order valence-electron chi connectivity index (χ1n) is 7.78. The Labute approximate surface area is 130 Å². The molecule has 1 unspecified atom stereocenters. The molecule has 1 aromatic rings. The third kappa shape index (κ3) is 2.03. The Bertz CT molecular complexity index is 691. The molecule has 0 spiro atoms. The highest BCUT2D eigenvalue weighted by atomic mass is 32.2. The van der Waals surface area contributed by atoms with Crippen molar-refractivity contribution in [2.75, 3.05) is 31.1 Å². The number of benzene rings is 1. The van der Waals surface area contributed by atoms with Crippen molar-refractivity contribution in [3.8, 4) is 5.75 Å². The van der Waals surface area contributed by atoms with Crippen molar-refractivity contribution in [2.24, 2.45) is 0 Å². The number of rotatable bonds is 2. The van der Waals surface area contributed by atoms with Gasteiger partial charge in [-0.3, -0.25) is 0 Å². The van der Waals surface area contributed by atoms with Crippen LogP contribution in [0.1, 0.15) is 19.3 Å². The number of ether oxygens (including phenoxy) is 1. The van der Waals surface area contributed by atoms with Gasteiger partial charge < -0.3 is 14.7 Å². The van der Waals surface area contributed by atoms with Gasteiger partial charge in [-0.2, -0.15) is 4.31 Å². The van der Waals surface area contributed by atoms with Crippen LogP contribution in [0.4, 0.5) is 5.69 Å². The zero-order chi connectivity index (χ0) is 15.3. The van der Waals surface area contributed by atoms with E-state index in [1.54, 1.807) is 6.07 Å². The van der Waals surface area contributed by atoms with Crippen LogP contribution in [0, 0.1) is 0 Å². The Morgan fingerprint density at radius 2 is 2.14 bits per heavy atom. The summed E-state index contributed by atoms with van der Waals surface area (Å²) in [6.07, 6.45) is 2.53. The minimum Gasteiger partial charge on any atom is -0.487 e. The lowest BCUT2D eigenvalue weighted by molar-refractivity contribution is 0.215. The van der Waals surface area contributed by atoms with E-state index in [2.05, 4.69) is 0 Å². The van der Waals surface area contributed by atoms with Gasteiger partial charge in [-0.15, -0.1) is 0 Å². The summed E-state index contributed by atoms with van der Waals surface area (Å²) >= 11 is 0. The Kier molecular flexibility index (Phi) is 3.32. The molecule has 2 saturated heterocycles. The van der Waals surface area contributed by atoms with Gasteiger partial charge in [0.15, 0.2) is 0 Å². The van der Waals surface area contributed by atoms with Gasteiger partial charge in [-0.05, 0) is 31.4 Å². The van der Waals surface area contributed by atoms with E-state index in [0.717, 1.165) is 25.8 Å². The molecule has 1 N–H and O–H groups in total. The van der Waals surface area contributed by atoms with Crippen molar-refractivity contribution < 1.29 is 18.3 Å². The largest absolute Gasteiger partial charge is 0.487 e. The van der Waals surface area contributed by atoms with Crippen molar-refractivity contribution in [2.45, 2.75) is 36.3 Å². The maximum Gasteiger partial charge on any atom is 0.248 e. The molecule has 3 aliphatic heterocycles. The number of aliphatic hydroxyl groups excluding tert-OH is 1. The molecule has 4 rings (SSSR count). The monoisotopic (exact) mass is 324 g/mol. The molecule has 0 aliphatic carbocycles. The fraction of sp³-hybridized carbons (Fsp3) is 0.600. The lowest BCUT2D eigenvalue weighted by Gasteiger charge is -2.29. The number of hydrogen-bond acceptors (Lipinski definition) is 5. The number of fused-ring (bicyclic) bond motifs is 3. The van der Waals surface area contributed by atoms with E-state index in [0.29, 0.717) is 24.5 Å². The van der Waals surface area contributed by atoms with Crippen molar-refractivity contribution >= 4 is 15.7 Å². The molecule has 3 aliphatic rings. The molecule has 2 fully saturated rings. The van der Waals surface area contributed by atoms with Gasteiger partial charge in [0.05, 0.1) is 24.9 Å². The van der Waals surface area contributed by atoms with Crippen molar-refractivity contribution in [1.29, 1.82) is 0 Å². The van der Waals surface area contributed by atoms with E-state index in [-0.39, 0.29) is 23.6 Å². The van der Waals surface area contributed by atoms with Gasteiger partial charge in [0.1, 0.15) is 16.7 Å². The maximum absolute atomic E-state index is 13.0. The quantitative estimate of drug-likeness (QED) is 0.871. The van der Waals surface area contributed by atoms with Crippen molar-refractivity contribution in [3.63, 3.8) is 0 Å². The molecule has 120 valence electrons. The number of aliphatic hydroxyl groups is 1. The molecule has 3 heterocycles. The molecule has 2 bridgehead atoms. The second-order valence-corrected chi connectivity index (χ2v) is 8.04. The predicted octanol–water partition coefficient (Wildman–Crippen LogP) is 0.803. The lowest BCUT2D eigenvalue weighted by atomic mass is 10.2. The van der Waals surface area contributed by atoms with E-state index in [9.17, 15) is 13.5 Å². The molecule has 22 heavy (non-hydrogen) atoms. The molecule has 1 aromatic carbocycles. The highest BCUT2D eigenvalue weighted by Gasteiger charge is 2.42. The first-order chi connectivity index (χ1) is 10.6. The van der Waals surface area contributed by atoms with E-state index in [1.807, 2.05) is 17.0 Å². The summed E-state index contributed by atoms with van der Waals surface area (Å²) in [5.74, 6) is 0.452. The van der Waals surface area contributed by atoms with Crippen LogP contribution >= 0.6 is 0 Å². The highest BCUT2D eigenvalue weighted by molar-refractivity contribution is 7.89. The van der Waals surface area contributed by atoms with Crippen LogP contribution in [0.25, 0.3) is 0 Å². The smallest absolute Gasteiger partial charge is 0.248 e. The van der Waals surface area contributed by atoms with Crippen molar-refractivity contribution in [3.05, 3.63) is 18.2 Å². The van der Waals surface area contributed by atoms with Crippen LogP contribution in [0.3, 0.4) is 0 Å². The molecule has 6 nitrogen and oxygen atoms in total. The second-order valence-electron chi connectivity index (χ2n) is 6.17. The summed E-state index contributed by atoms with van der Waals surface area (Å²) in [4.78, 5) is 2.29. The highest BCUT2D eigenvalue weighted by Crippen LogP contribution is 2.42. The summed E-state index contributed by atoms with van der Waals surface area (Å²) < 4.78 is 33.5. The average molecular weight is 324 g/mol. The van der Waals surface area contributed by atoms with E-state index < -0.39 is 10.0 Å². The Morgan fingerprint density at radius 3 is 2.95 bits per heavy atom. The number of sulfonamides is 1. The van der Waals surface area contributed by atoms with Gasteiger partial charge in [0.25, 0.3) is 0 Å². The molecule has 0 aromatic heterocycles. The fourth-order valence-electron chi connectivity index (χ4n) is 3.75. The fourth-order valence-corrected chi connectivity index (χ4v) is 5.53. The molecule has 0 amide bonds. The summed E-state index contributed by atoms with van der Waals surface area (Å²) in [7, 11) is -3.54. The van der Waals surface area contributed by atoms with Gasteiger partial charge in [-0.25, -0.2) is 8.42 Å². The molecule has 0 saturated carbocycles. The Morgan fingerprint density at radius 1 is 1.27 bits per heavy atom. The second kappa shape index (κ2) is 5.11. The summed E-state index contributed by atoms with van der Waals surface area (Å²) in [5.41, 5.74) is 0.668. The Hall–Kier alpha value is -1.31. The summed E-state index contributed by atoms with van der Waals surface area (Å²) in [6.45, 7) is 1.75. The van der Waals surface area contributed by atoms with Crippen LogP contribution in [0.5, 0.6) is 5.75 Å². The summed E-state index contributed by atoms with van der Waals surface area (Å²) in [6, 6.07) is 5.39. The van der Waals surface area contributed by atoms with Crippen LogP contribution in [-0.4, -0.2) is 56.2 Å². The van der Waals surface area contributed by atoms with Crippen LogP contribution in [0.2, 0.25) is 0 Å². The van der Waals surface area contributed by atoms with Crippen LogP contribution in [-0.2, 0) is 10.0 Å². The SMILES string of the molecule is O=S1(=O)c2c(cccc2N2CCC[C@@H]2CO)O[C@@H]2CCN1C2. The van der Waals surface area contributed by atoms with Crippen LogP contribution in [0.15, 0.2) is 23.1 Å². The first-order valence-corrected chi connectivity index (χ1v) is 9.22. The van der Waals surface area contributed by atoms with Gasteiger partial charge in [-0.1, -0.05) is 6.07 Å². The number of anilines is 1. The Balaban J connectivity index is 1.88. The molecular formula is C15H20N2O4S. The normalized spacial score (nSPS) is 32.4. The van der Waals surface area contributed by atoms with Crippen LogP contribution < -0.4 is 9.64 Å². The van der Waals surface area contributed by atoms with Crippen molar-refractivity contribution in [1.82, 2.24) is 4.31 Å². The minimum atomic E-state index is -3.54. The van der Waals surface area contributed by atoms with Gasteiger partial charge in [0.2, 0.25) is 10.0 Å². The van der Waals surface area contributed by atoms with E-state index >= 15 is 0 Å².